The Bertz CT molecular complexity index is 714. The van der Waals surface area contributed by atoms with E-state index in [9.17, 15) is 13.2 Å². The fourth-order valence-corrected chi connectivity index (χ4v) is 4.48. The average Bonchev–Trinajstić information content (AvgIpc) is 3.33. The lowest BCUT2D eigenvalue weighted by Gasteiger charge is -2.30. The van der Waals surface area contributed by atoms with Crippen molar-refractivity contribution in [3.8, 4) is 0 Å². The normalized spacial score (nSPS) is 20.1. The van der Waals surface area contributed by atoms with E-state index in [0.29, 0.717) is 18.4 Å². The van der Waals surface area contributed by atoms with Crippen molar-refractivity contribution >= 4 is 11.3 Å². The van der Waals surface area contributed by atoms with Gasteiger partial charge in [0.15, 0.2) is 0 Å². The first-order chi connectivity index (χ1) is 12.0. The largest absolute Gasteiger partial charge is 0.416 e. The minimum absolute atomic E-state index is 0.480. The molecule has 2 heterocycles. The van der Waals surface area contributed by atoms with Crippen molar-refractivity contribution in [2.45, 2.75) is 50.2 Å². The molecule has 2 aromatic rings. The summed E-state index contributed by atoms with van der Waals surface area (Å²) in [6.07, 6.45) is 0.318. The molecule has 1 aromatic heterocycles. The minimum Gasteiger partial charge on any atom is -0.299 e. The van der Waals surface area contributed by atoms with Gasteiger partial charge in [0.25, 0.3) is 0 Å². The molecular weight excluding hydrogens is 347 g/mol. The van der Waals surface area contributed by atoms with Gasteiger partial charge in [-0.25, -0.2) is 0 Å². The Morgan fingerprint density at radius 3 is 2.00 bits per heavy atom. The van der Waals surface area contributed by atoms with Crippen LogP contribution >= 0.6 is 11.3 Å². The van der Waals surface area contributed by atoms with Crippen molar-refractivity contribution in [1.29, 1.82) is 0 Å². The van der Waals surface area contributed by atoms with Gasteiger partial charge in [0, 0.05) is 18.4 Å². The molecular formula is C18H20F3N3S. The smallest absolute Gasteiger partial charge is 0.299 e. The second-order valence-corrected chi connectivity index (χ2v) is 8.04. The standard InChI is InChI=1S/C18H20F3N3S/c19-18(20,21)15-5-1-12(2-6-15)11-24-9-7-14(8-10-24)17-23-22-16(25-17)13-3-4-13/h1-2,5-6,13-14H,3-4,7-11H2. The van der Waals surface area contributed by atoms with Gasteiger partial charge < -0.3 is 0 Å². The summed E-state index contributed by atoms with van der Waals surface area (Å²) >= 11 is 1.77. The molecule has 1 saturated heterocycles. The maximum atomic E-state index is 12.6. The average molecular weight is 367 g/mol. The molecule has 1 saturated carbocycles. The number of aromatic nitrogens is 2. The predicted molar refractivity (Wildman–Crippen MR) is 90.6 cm³/mol. The van der Waals surface area contributed by atoms with Crippen LogP contribution in [0, 0.1) is 0 Å². The molecule has 0 spiro atoms. The third-order valence-corrected chi connectivity index (χ3v) is 6.26. The van der Waals surface area contributed by atoms with Crippen LogP contribution in [0.25, 0.3) is 0 Å². The lowest BCUT2D eigenvalue weighted by molar-refractivity contribution is -0.137. The first kappa shape index (κ1) is 17.0. The van der Waals surface area contributed by atoms with E-state index in [-0.39, 0.29) is 0 Å². The van der Waals surface area contributed by atoms with Crippen molar-refractivity contribution in [3.63, 3.8) is 0 Å². The van der Waals surface area contributed by atoms with Crippen LogP contribution < -0.4 is 0 Å². The predicted octanol–water partition coefficient (Wildman–Crippen LogP) is 4.81. The molecule has 7 heteroatoms. The third kappa shape index (κ3) is 4.03. The number of piperidine rings is 1. The number of hydrogen-bond acceptors (Lipinski definition) is 4. The first-order valence-electron chi connectivity index (χ1n) is 8.71. The molecule has 1 aromatic carbocycles. The van der Waals surface area contributed by atoms with E-state index in [0.717, 1.165) is 36.5 Å². The van der Waals surface area contributed by atoms with E-state index < -0.39 is 11.7 Å². The Hall–Kier alpha value is -1.47. The second-order valence-electron chi connectivity index (χ2n) is 7.00. The van der Waals surface area contributed by atoms with Crippen molar-refractivity contribution in [2.24, 2.45) is 0 Å². The number of likely N-dealkylation sites (tertiary alicyclic amines) is 1. The van der Waals surface area contributed by atoms with E-state index in [4.69, 9.17) is 0 Å². The highest BCUT2D eigenvalue weighted by Crippen LogP contribution is 2.43. The molecule has 4 rings (SSSR count). The van der Waals surface area contributed by atoms with Crippen LogP contribution in [0.1, 0.15) is 58.7 Å². The monoisotopic (exact) mass is 367 g/mol. The zero-order valence-corrected chi connectivity index (χ0v) is 14.6. The molecule has 0 atom stereocenters. The molecule has 0 radical (unpaired) electrons. The van der Waals surface area contributed by atoms with Crippen molar-refractivity contribution < 1.29 is 13.2 Å². The SMILES string of the molecule is FC(F)(F)c1ccc(CN2CCC(c3nnc(C4CC4)s3)CC2)cc1. The zero-order valence-electron chi connectivity index (χ0n) is 13.8. The van der Waals surface area contributed by atoms with Crippen LogP contribution in [-0.2, 0) is 12.7 Å². The molecule has 134 valence electrons. The minimum atomic E-state index is -4.27. The van der Waals surface area contributed by atoms with Gasteiger partial charge in [-0.2, -0.15) is 13.2 Å². The van der Waals surface area contributed by atoms with Gasteiger partial charge in [0.1, 0.15) is 10.0 Å². The van der Waals surface area contributed by atoms with Gasteiger partial charge in [-0.05, 0) is 56.5 Å². The second kappa shape index (κ2) is 6.68. The quantitative estimate of drug-likeness (QED) is 0.776. The molecule has 0 unspecified atom stereocenters. The highest BCUT2D eigenvalue weighted by atomic mass is 32.1. The van der Waals surface area contributed by atoms with Gasteiger partial charge in [-0.1, -0.05) is 12.1 Å². The van der Waals surface area contributed by atoms with E-state index >= 15 is 0 Å². The number of nitrogens with zero attached hydrogens (tertiary/aromatic N) is 3. The fourth-order valence-electron chi connectivity index (χ4n) is 3.30. The summed E-state index contributed by atoms with van der Waals surface area (Å²) in [5.41, 5.74) is 0.344. The molecule has 25 heavy (non-hydrogen) atoms. The van der Waals surface area contributed by atoms with E-state index in [1.165, 1.54) is 30.0 Å². The summed E-state index contributed by atoms with van der Waals surface area (Å²) in [6, 6.07) is 5.51. The molecule has 1 aliphatic heterocycles. The summed E-state index contributed by atoms with van der Waals surface area (Å²) in [7, 11) is 0. The summed E-state index contributed by atoms with van der Waals surface area (Å²) in [4.78, 5) is 2.31. The van der Waals surface area contributed by atoms with E-state index in [1.54, 1.807) is 23.5 Å². The highest BCUT2D eigenvalue weighted by molar-refractivity contribution is 7.11. The van der Waals surface area contributed by atoms with Crippen molar-refractivity contribution in [3.05, 3.63) is 45.4 Å². The molecule has 0 N–H and O–H groups in total. The van der Waals surface area contributed by atoms with Crippen LogP contribution in [-0.4, -0.2) is 28.2 Å². The lowest BCUT2D eigenvalue weighted by Crippen LogP contribution is -2.32. The highest BCUT2D eigenvalue weighted by Gasteiger charge is 2.31. The Morgan fingerprint density at radius 2 is 1.48 bits per heavy atom. The van der Waals surface area contributed by atoms with Gasteiger partial charge in [0.05, 0.1) is 5.56 Å². The van der Waals surface area contributed by atoms with Crippen LogP contribution in [0.2, 0.25) is 0 Å². The molecule has 3 nitrogen and oxygen atoms in total. The van der Waals surface area contributed by atoms with Gasteiger partial charge in [0.2, 0.25) is 0 Å². The maximum absolute atomic E-state index is 12.6. The summed E-state index contributed by atoms with van der Waals surface area (Å²) in [6.45, 7) is 2.60. The van der Waals surface area contributed by atoms with Crippen molar-refractivity contribution in [1.82, 2.24) is 15.1 Å². The molecule has 0 amide bonds. The Labute approximate surface area is 148 Å². The van der Waals surface area contributed by atoms with Crippen molar-refractivity contribution in [2.75, 3.05) is 13.1 Å². The van der Waals surface area contributed by atoms with Gasteiger partial charge >= 0.3 is 6.18 Å². The Kier molecular flexibility index (Phi) is 4.54. The molecule has 0 bridgehead atoms. The molecule has 2 fully saturated rings. The van der Waals surface area contributed by atoms with Crippen LogP contribution in [0.15, 0.2) is 24.3 Å². The summed E-state index contributed by atoms with van der Waals surface area (Å²) < 4.78 is 37.9. The zero-order chi connectivity index (χ0) is 17.4. The van der Waals surface area contributed by atoms with E-state index in [1.807, 2.05) is 0 Å². The molecule has 1 aliphatic carbocycles. The topological polar surface area (TPSA) is 29.0 Å². The number of rotatable bonds is 4. The number of halogens is 3. The maximum Gasteiger partial charge on any atom is 0.416 e. The Balaban J connectivity index is 1.31. The van der Waals surface area contributed by atoms with Crippen LogP contribution in [0.4, 0.5) is 13.2 Å². The van der Waals surface area contributed by atoms with E-state index in [2.05, 4.69) is 15.1 Å². The van der Waals surface area contributed by atoms with Crippen LogP contribution in [0.3, 0.4) is 0 Å². The first-order valence-corrected chi connectivity index (χ1v) is 9.52. The summed E-state index contributed by atoms with van der Waals surface area (Å²) in [5, 5.41) is 11.1. The Morgan fingerprint density at radius 1 is 0.920 bits per heavy atom. The van der Waals surface area contributed by atoms with Gasteiger partial charge in [-0.3, -0.25) is 4.90 Å². The molecule has 2 aliphatic rings. The third-order valence-electron chi connectivity index (χ3n) is 5.01. The number of hydrogen-bond donors (Lipinski definition) is 0. The summed E-state index contributed by atoms with van der Waals surface area (Å²) in [5.74, 6) is 1.14. The fraction of sp³-hybridized carbons (Fsp3) is 0.556. The number of alkyl halides is 3. The van der Waals surface area contributed by atoms with Crippen LogP contribution in [0.5, 0.6) is 0 Å². The van der Waals surface area contributed by atoms with Gasteiger partial charge in [-0.15, -0.1) is 21.5 Å². The lowest BCUT2D eigenvalue weighted by atomic mass is 9.97. The number of benzene rings is 1.